The molecule has 0 unspecified atom stereocenters. The molecule has 2 rings (SSSR count). The average Bonchev–Trinajstić information content (AvgIpc) is 2.50. The molecule has 0 atom stereocenters. The predicted octanol–water partition coefficient (Wildman–Crippen LogP) is 4.39. The van der Waals surface area contributed by atoms with Crippen molar-refractivity contribution >= 4 is 22.5 Å². The fourth-order valence-electron chi connectivity index (χ4n) is 2.38. The monoisotopic (exact) mass is 306 g/mol. The standard InChI is InChI=1S/C17H23ClN2O/c1-3-20(4-2)11-5-6-12-21-17-9-10-19-16-13-14(18)7-8-15(16)17/h7-10,13H,3-6,11-12H2,1-2H3. The maximum absolute atomic E-state index is 5.99. The second-order valence-electron chi connectivity index (χ2n) is 5.05. The van der Waals surface area contributed by atoms with E-state index in [4.69, 9.17) is 16.3 Å². The highest BCUT2D eigenvalue weighted by Crippen LogP contribution is 2.26. The van der Waals surface area contributed by atoms with E-state index >= 15 is 0 Å². The van der Waals surface area contributed by atoms with Gasteiger partial charge in [0.25, 0.3) is 0 Å². The molecule has 0 fully saturated rings. The number of ether oxygens (including phenoxy) is 1. The minimum atomic E-state index is 0.700. The van der Waals surface area contributed by atoms with Crippen molar-refractivity contribution in [2.24, 2.45) is 0 Å². The third-order valence-corrected chi connectivity index (χ3v) is 3.92. The largest absolute Gasteiger partial charge is 0.493 e. The van der Waals surface area contributed by atoms with Crippen LogP contribution in [0.1, 0.15) is 26.7 Å². The second kappa shape index (κ2) is 8.20. The number of nitrogens with zero attached hydrogens (tertiary/aromatic N) is 2. The summed E-state index contributed by atoms with van der Waals surface area (Å²) in [6, 6.07) is 7.62. The molecule has 0 aliphatic heterocycles. The van der Waals surface area contributed by atoms with Crippen molar-refractivity contribution in [3.63, 3.8) is 0 Å². The maximum atomic E-state index is 5.99. The molecule has 114 valence electrons. The smallest absolute Gasteiger partial charge is 0.130 e. The third-order valence-electron chi connectivity index (χ3n) is 3.69. The lowest BCUT2D eigenvalue weighted by atomic mass is 10.2. The first-order valence-electron chi connectivity index (χ1n) is 7.64. The van der Waals surface area contributed by atoms with Gasteiger partial charge in [-0.05, 0) is 56.7 Å². The van der Waals surface area contributed by atoms with Gasteiger partial charge in [0.1, 0.15) is 5.75 Å². The highest BCUT2D eigenvalue weighted by Gasteiger charge is 2.04. The van der Waals surface area contributed by atoms with Crippen molar-refractivity contribution in [3.05, 3.63) is 35.5 Å². The molecule has 1 aromatic heterocycles. The first kappa shape index (κ1) is 16.1. The lowest BCUT2D eigenvalue weighted by molar-refractivity contribution is 0.267. The van der Waals surface area contributed by atoms with E-state index in [0.29, 0.717) is 5.02 Å². The van der Waals surface area contributed by atoms with Crippen molar-refractivity contribution in [3.8, 4) is 5.75 Å². The van der Waals surface area contributed by atoms with E-state index in [2.05, 4.69) is 23.7 Å². The predicted molar refractivity (Wildman–Crippen MR) is 89.3 cm³/mol. The number of unbranched alkanes of at least 4 members (excludes halogenated alkanes) is 1. The molecule has 0 radical (unpaired) electrons. The zero-order valence-corrected chi connectivity index (χ0v) is 13.6. The van der Waals surface area contributed by atoms with E-state index < -0.39 is 0 Å². The lowest BCUT2D eigenvalue weighted by Gasteiger charge is -2.17. The number of aromatic nitrogens is 1. The summed E-state index contributed by atoms with van der Waals surface area (Å²) in [6.07, 6.45) is 3.99. The number of benzene rings is 1. The van der Waals surface area contributed by atoms with Crippen molar-refractivity contribution in [1.82, 2.24) is 9.88 Å². The Labute approximate surface area is 131 Å². The molecule has 0 aliphatic carbocycles. The van der Waals surface area contributed by atoms with Crippen LogP contribution < -0.4 is 4.74 Å². The van der Waals surface area contributed by atoms with Gasteiger partial charge in [0, 0.05) is 16.6 Å². The van der Waals surface area contributed by atoms with Crippen LogP contribution in [0.15, 0.2) is 30.5 Å². The second-order valence-corrected chi connectivity index (χ2v) is 5.49. The number of halogens is 1. The molecular weight excluding hydrogens is 284 g/mol. The number of hydrogen-bond acceptors (Lipinski definition) is 3. The van der Waals surface area contributed by atoms with E-state index in [1.165, 1.54) is 0 Å². The van der Waals surface area contributed by atoms with Crippen LogP contribution in [-0.2, 0) is 0 Å². The van der Waals surface area contributed by atoms with Gasteiger partial charge in [-0.25, -0.2) is 0 Å². The number of hydrogen-bond donors (Lipinski definition) is 0. The maximum Gasteiger partial charge on any atom is 0.130 e. The Balaban J connectivity index is 1.86. The number of fused-ring (bicyclic) bond motifs is 1. The molecule has 0 saturated carbocycles. The summed E-state index contributed by atoms with van der Waals surface area (Å²) in [5.74, 6) is 0.888. The Morgan fingerprint density at radius 2 is 1.95 bits per heavy atom. The average molecular weight is 307 g/mol. The highest BCUT2D eigenvalue weighted by atomic mass is 35.5. The topological polar surface area (TPSA) is 25.4 Å². The normalized spacial score (nSPS) is 11.2. The molecule has 1 aromatic carbocycles. The van der Waals surface area contributed by atoms with Crippen molar-refractivity contribution in [1.29, 1.82) is 0 Å². The summed E-state index contributed by atoms with van der Waals surface area (Å²) in [5, 5.41) is 1.72. The molecular formula is C17H23ClN2O. The van der Waals surface area contributed by atoms with Gasteiger partial charge in [0.05, 0.1) is 12.1 Å². The van der Waals surface area contributed by atoms with Crippen LogP contribution in [0.3, 0.4) is 0 Å². The van der Waals surface area contributed by atoms with Crippen LogP contribution >= 0.6 is 11.6 Å². The van der Waals surface area contributed by atoms with Crippen molar-refractivity contribution < 1.29 is 4.74 Å². The SMILES string of the molecule is CCN(CC)CCCCOc1ccnc2cc(Cl)ccc12. The van der Waals surface area contributed by atoms with Gasteiger partial charge in [0.15, 0.2) is 0 Å². The van der Waals surface area contributed by atoms with E-state index in [0.717, 1.165) is 55.7 Å². The molecule has 0 N–H and O–H groups in total. The van der Waals surface area contributed by atoms with E-state index in [1.807, 2.05) is 24.3 Å². The van der Waals surface area contributed by atoms with Gasteiger partial charge in [-0.3, -0.25) is 4.98 Å². The van der Waals surface area contributed by atoms with E-state index in [-0.39, 0.29) is 0 Å². The first-order valence-corrected chi connectivity index (χ1v) is 8.01. The molecule has 0 amide bonds. The van der Waals surface area contributed by atoms with Gasteiger partial charge in [0.2, 0.25) is 0 Å². The van der Waals surface area contributed by atoms with Gasteiger partial charge < -0.3 is 9.64 Å². The molecule has 0 saturated heterocycles. The van der Waals surface area contributed by atoms with Crippen LogP contribution in [0.25, 0.3) is 10.9 Å². The van der Waals surface area contributed by atoms with Gasteiger partial charge in [-0.15, -0.1) is 0 Å². The van der Waals surface area contributed by atoms with Gasteiger partial charge >= 0.3 is 0 Å². The van der Waals surface area contributed by atoms with Crippen LogP contribution in [0.5, 0.6) is 5.75 Å². The molecule has 0 bridgehead atoms. The number of pyridine rings is 1. The number of rotatable bonds is 8. The first-order chi connectivity index (χ1) is 10.2. The molecule has 3 nitrogen and oxygen atoms in total. The van der Waals surface area contributed by atoms with E-state index in [9.17, 15) is 0 Å². The van der Waals surface area contributed by atoms with Gasteiger partial charge in [-0.2, -0.15) is 0 Å². The lowest BCUT2D eigenvalue weighted by Crippen LogP contribution is -2.24. The van der Waals surface area contributed by atoms with Crippen molar-refractivity contribution in [2.45, 2.75) is 26.7 Å². The zero-order valence-electron chi connectivity index (χ0n) is 12.8. The summed E-state index contributed by atoms with van der Waals surface area (Å²) in [6.45, 7) is 8.52. The quantitative estimate of drug-likeness (QED) is 0.676. The van der Waals surface area contributed by atoms with Crippen molar-refractivity contribution in [2.75, 3.05) is 26.2 Å². The summed E-state index contributed by atoms with van der Waals surface area (Å²) >= 11 is 5.99. The Morgan fingerprint density at radius 3 is 2.71 bits per heavy atom. The summed E-state index contributed by atoms with van der Waals surface area (Å²) < 4.78 is 5.91. The Morgan fingerprint density at radius 1 is 1.14 bits per heavy atom. The summed E-state index contributed by atoms with van der Waals surface area (Å²) in [4.78, 5) is 6.76. The molecule has 2 aromatic rings. The van der Waals surface area contributed by atoms with Crippen LogP contribution in [0.4, 0.5) is 0 Å². The minimum Gasteiger partial charge on any atom is -0.493 e. The Bertz CT molecular complexity index is 570. The molecule has 4 heteroatoms. The van der Waals surface area contributed by atoms with Crippen LogP contribution in [0, 0.1) is 0 Å². The van der Waals surface area contributed by atoms with Gasteiger partial charge in [-0.1, -0.05) is 25.4 Å². The van der Waals surface area contributed by atoms with Crippen LogP contribution in [0.2, 0.25) is 5.02 Å². The fraction of sp³-hybridized carbons (Fsp3) is 0.471. The highest BCUT2D eigenvalue weighted by molar-refractivity contribution is 6.31. The van der Waals surface area contributed by atoms with E-state index in [1.54, 1.807) is 6.20 Å². The summed E-state index contributed by atoms with van der Waals surface area (Å²) in [5.41, 5.74) is 0.878. The zero-order chi connectivity index (χ0) is 15.1. The molecule has 1 heterocycles. The third kappa shape index (κ3) is 4.58. The molecule has 0 spiro atoms. The summed E-state index contributed by atoms with van der Waals surface area (Å²) in [7, 11) is 0. The molecule has 0 aliphatic rings. The Kier molecular flexibility index (Phi) is 6.27. The molecule has 21 heavy (non-hydrogen) atoms. The fourth-order valence-corrected chi connectivity index (χ4v) is 2.55. The van der Waals surface area contributed by atoms with Crippen LogP contribution in [-0.4, -0.2) is 36.1 Å². The Hall–Kier alpha value is -1.32. The minimum absolute atomic E-state index is 0.700.